The van der Waals surface area contributed by atoms with Gasteiger partial charge in [-0.25, -0.2) is 17.5 Å². The number of sulfonamides is 1. The third kappa shape index (κ3) is 5.72. The zero-order valence-corrected chi connectivity index (χ0v) is 18.0. The van der Waals surface area contributed by atoms with Crippen LogP contribution in [0.2, 0.25) is 25.7 Å². The van der Waals surface area contributed by atoms with Gasteiger partial charge in [0, 0.05) is 19.6 Å². The molecule has 1 heterocycles. The van der Waals surface area contributed by atoms with Crippen molar-refractivity contribution in [1.29, 1.82) is 5.26 Å². The topological polar surface area (TPSA) is 70.0 Å². The molecule has 9 heteroatoms. The smallest absolute Gasteiger partial charge is 0.211 e. The first-order valence-corrected chi connectivity index (χ1v) is 15.3. The van der Waals surface area contributed by atoms with Crippen LogP contribution < -0.4 is 4.72 Å². The fraction of sp³-hybridized carbons (Fsp3) is 0.562. The molecule has 138 valence electrons. The maximum Gasteiger partial charge on any atom is 0.211 e. The highest BCUT2D eigenvalue weighted by atomic mass is 32.2. The van der Waals surface area contributed by atoms with E-state index in [4.69, 9.17) is 0 Å². The zero-order valence-electron chi connectivity index (χ0n) is 14.6. The first-order chi connectivity index (χ1) is 11.6. The minimum absolute atomic E-state index is 0.0331. The molecular weight excluding hydrogens is 395 g/mol. The summed E-state index contributed by atoms with van der Waals surface area (Å²) in [6, 6.07) is 7.97. The summed E-state index contributed by atoms with van der Waals surface area (Å²) in [5, 5.41) is 9.76. The van der Waals surface area contributed by atoms with Crippen molar-refractivity contribution in [2.75, 3.05) is 17.3 Å². The average molecular weight is 419 g/mol. The summed E-state index contributed by atoms with van der Waals surface area (Å²) in [5.74, 6) is 1.12. The lowest BCUT2D eigenvalue weighted by molar-refractivity contribution is 0.554. The highest BCUT2D eigenvalue weighted by Crippen LogP contribution is 2.51. The van der Waals surface area contributed by atoms with Crippen molar-refractivity contribution in [2.24, 2.45) is 0 Å². The fourth-order valence-electron chi connectivity index (χ4n) is 2.45. The second-order valence-electron chi connectivity index (χ2n) is 7.21. The molecule has 1 fully saturated rings. The molecule has 0 bridgehead atoms. The van der Waals surface area contributed by atoms with E-state index in [1.807, 2.05) is 0 Å². The maximum absolute atomic E-state index is 13.7. The Hall–Kier alpha value is -0.533. The number of nitrogens with zero attached hydrogens (tertiary/aromatic N) is 1. The molecule has 0 aliphatic carbocycles. The Kier molecular flexibility index (Phi) is 6.65. The third-order valence-electron chi connectivity index (χ3n) is 3.85. The Balaban J connectivity index is 2.34. The zero-order chi connectivity index (χ0) is 18.7. The number of rotatable bonds is 7. The van der Waals surface area contributed by atoms with Crippen molar-refractivity contribution in [1.82, 2.24) is 4.72 Å². The minimum Gasteiger partial charge on any atom is -0.212 e. The Morgan fingerprint density at radius 1 is 1.36 bits per heavy atom. The van der Waals surface area contributed by atoms with Crippen LogP contribution in [0.4, 0.5) is 4.39 Å². The van der Waals surface area contributed by atoms with Gasteiger partial charge < -0.3 is 0 Å². The van der Waals surface area contributed by atoms with Crippen LogP contribution in [0.15, 0.2) is 24.3 Å². The van der Waals surface area contributed by atoms with Gasteiger partial charge in [0.2, 0.25) is 10.0 Å². The van der Waals surface area contributed by atoms with Crippen LogP contribution in [0.3, 0.4) is 0 Å². The van der Waals surface area contributed by atoms with Crippen molar-refractivity contribution in [3.05, 3.63) is 35.6 Å². The van der Waals surface area contributed by atoms with Crippen LogP contribution in [-0.2, 0) is 10.0 Å². The molecule has 4 nitrogen and oxygen atoms in total. The molecule has 25 heavy (non-hydrogen) atoms. The molecule has 1 aromatic carbocycles. The number of hydrogen-bond donors (Lipinski definition) is 1. The molecule has 1 atom stereocenters. The van der Waals surface area contributed by atoms with Crippen molar-refractivity contribution in [2.45, 2.75) is 35.8 Å². The predicted molar refractivity (Wildman–Crippen MR) is 107 cm³/mol. The van der Waals surface area contributed by atoms with Gasteiger partial charge in [-0.2, -0.15) is 5.26 Å². The van der Waals surface area contributed by atoms with Gasteiger partial charge in [-0.05, 0) is 23.7 Å². The molecular formula is C16H23FN2O2S3Si. The quantitative estimate of drug-likeness (QED) is 0.682. The maximum atomic E-state index is 13.7. The monoisotopic (exact) mass is 418 g/mol. The molecule has 0 radical (unpaired) electrons. The SMILES string of the molecule is C[Si](C)(C)CCS(=O)(=O)N[C@@H](c1cccc(F)c1)C1(C#N)SCCS1. The lowest BCUT2D eigenvalue weighted by Crippen LogP contribution is -2.42. The number of halogens is 1. The van der Waals surface area contributed by atoms with Gasteiger partial charge in [-0.3, -0.25) is 0 Å². The van der Waals surface area contributed by atoms with E-state index in [1.165, 1.54) is 35.7 Å². The van der Waals surface area contributed by atoms with Crippen molar-refractivity contribution in [3.63, 3.8) is 0 Å². The Morgan fingerprint density at radius 3 is 2.52 bits per heavy atom. The van der Waals surface area contributed by atoms with E-state index in [0.29, 0.717) is 11.6 Å². The Morgan fingerprint density at radius 2 is 2.00 bits per heavy atom. The molecule has 1 aliphatic heterocycles. The summed E-state index contributed by atoms with van der Waals surface area (Å²) in [6.07, 6.45) is 0. The van der Waals surface area contributed by atoms with Crippen molar-refractivity contribution < 1.29 is 12.8 Å². The van der Waals surface area contributed by atoms with Gasteiger partial charge in [0.05, 0.1) is 17.9 Å². The van der Waals surface area contributed by atoms with E-state index >= 15 is 0 Å². The van der Waals surface area contributed by atoms with Crippen LogP contribution >= 0.6 is 23.5 Å². The number of hydrogen-bond acceptors (Lipinski definition) is 5. The minimum atomic E-state index is -3.58. The first-order valence-electron chi connectivity index (χ1n) is 8.02. The predicted octanol–water partition coefficient (Wildman–Crippen LogP) is 3.82. The van der Waals surface area contributed by atoms with Gasteiger partial charge in [0.1, 0.15) is 5.82 Å². The van der Waals surface area contributed by atoms with E-state index in [1.54, 1.807) is 12.1 Å². The molecule has 0 amide bonds. The van der Waals surface area contributed by atoms with Gasteiger partial charge in [0.25, 0.3) is 0 Å². The summed E-state index contributed by atoms with van der Waals surface area (Å²) in [5.41, 5.74) is 0.486. The van der Waals surface area contributed by atoms with Crippen molar-refractivity contribution in [3.8, 4) is 6.07 Å². The standard InChI is InChI=1S/C16H23FN2O2S3Si/c1-25(2,3)10-9-24(20,21)19-15(13-5-4-6-14(17)11-13)16(12-18)22-7-8-23-16/h4-6,11,15,19H,7-10H2,1-3H3/t15-/m0/s1. The summed E-state index contributed by atoms with van der Waals surface area (Å²) in [4.78, 5) is 0. The van der Waals surface area contributed by atoms with E-state index < -0.39 is 34.0 Å². The van der Waals surface area contributed by atoms with E-state index in [0.717, 1.165) is 11.5 Å². The normalized spacial score (nSPS) is 18.7. The number of thioether (sulfide) groups is 2. The summed E-state index contributed by atoms with van der Waals surface area (Å²) < 4.78 is 40.7. The van der Waals surface area contributed by atoms with Crippen LogP contribution in [0, 0.1) is 17.1 Å². The van der Waals surface area contributed by atoms with E-state index in [9.17, 15) is 18.1 Å². The number of nitrogens with one attached hydrogen (secondary N) is 1. The summed E-state index contributed by atoms with van der Waals surface area (Å²) >= 11 is 2.85. The highest BCUT2D eigenvalue weighted by Gasteiger charge is 2.46. The first kappa shape index (κ1) is 20.8. The average Bonchev–Trinajstić information content (AvgIpc) is 3.00. The lowest BCUT2D eigenvalue weighted by atomic mass is 10.0. The molecule has 0 saturated carbocycles. The van der Waals surface area contributed by atoms with Crippen LogP contribution in [-0.4, -0.2) is 37.8 Å². The Bertz CT molecular complexity index is 753. The van der Waals surface area contributed by atoms with Crippen LogP contribution in [0.1, 0.15) is 11.6 Å². The summed E-state index contributed by atoms with van der Waals surface area (Å²) in [6.45, 7) is 6.35. The molecule has 0 spiro atoms. The van der Waals surface area contributed by atoms with Gasteiger partial charge >= 0.3 is 0 Å². The molecule has 1 saturated heterocycles. The van der Waals surface area contributed by atoms with Crippen molar-refractivity contribution >= 4 is 41.6 Å². The van der Waals surface area contributed by atoms with Crippen LogP contribution in [0.5, 0.6) is 0 Å². The molecule has 1 N–H and O–H groups in total. The highest BCUT2D eigenvalue weighted by molar-refractivity contribution is 8.21. The molecule has 1 aliphatic rings. The Labute approximate surface area is 159 Å². The molecule has 0 unspecified atom stereocenters. The second kappa shape index (κ2) is 8.01. The molecule has 1 aromatic rings. The molecule has 0 aromatic heterocycles. The largest absolute Gasteiger partial charge is 0.212 e. The number of nitriles is 1. The van der Waals surface area contributed by atoms with Gasteiger partial charge in [0.15, 0.2) is 4.08 Å². The van der Waals surface area contributed by atoms with Gasteiger partial charge in [-0.15, -0.1) is 23.5 Å². The second-order valence-corrected chi connectivity index (χ2v) is 17.6. The lowest BCUT2D eigenvalue weighted by Gasteiger charge is -2.31. The van der Waals surface area contributed by atoms with Gasteiger partial charge in [-0.1, -0.05) is 31.8 Å². The van der Waals surface area contributed by atoms with E-state index in [2.05, 4.69) is 30.4 Å². The fourth-order valence-corrected chi connectivity index (χ4v) is 9.88. The van der Waals surface area contributed by atoms with Crippen LogP contribution in [0.25, 0.3) is 0 Å². The van der Waals surface area contributed by atoms with E-state index in [-0.39, 0.29) is 5.75 Å². The molecule has 2 rings (SSSR count). The number of benzene rings is 1. The summed E-state index contributed by atoms with van der Waals surface area (Å²) in [7, 11) is -5.10. The third-order valence-corrected chi connectivity index (χ3v) is 10.6.